The molecular weight excluding hydrogens is 260 g/mol. The van der Waals surface area contributed by atoms with Crippen molar-refractivity contribution in [2.75, 3.05) is 0 Å². The highest BCUT2D eigenvalue weighted by molar-refractivity contribution is 6.05. The molecule has 3 rings (SSSR count). The molecule has 20 heavy (non-hydrogen) atoms. The largest absolute Gasteiger partial charge is 0.466 e. The number of hydrogen-bond donors (Lipinski definition) is 3. The lowest BCUT2D eigenvalue weighted by atomic mass is 9.65. The van der Waals surface area contributed by atoms with Gasteiger partial charge in [0, 0.05) is 11.5 Å². The quantitative estimate of drug-likeness (QED) is 0.722. The van der Waals surface area contributed by atoms with Crippen LogP contribution < -0.4 is 0 Å². The zero-order chi connectivity index (χ0) is 14.9. The Balaban J connectivity index is 2.23. The third-order valence-electron chi connectivity index (χ3n) is 4.91. The molecule has 0 unspecified atom stereocenters. The lowest BCUT2D eigenvalue weighted by Gasteiger charge is -2.43. The number of carbonyl (C=O) groups excluding carboxylic acids is 1. The van der Waals surface area contributed by atoms with Crippen molar-refractivity contribution < 1.29 is 24.5 Å². The molecule has 1 fully saturated rings. The van der Waals surface area contributed by atoms with E-state index in [0.29, 0.717) is 18.4 Å². The van der Waals surface area contributed by atoms with E-state index in [1.807, 2.05) is 13.8 Å². The highest BCUT2D eigenvalue weighted by atomic mass is 16.4. The number of aliphatic hydroxyl groups is 3. The summed E-state index contributed by atoms with van der Waals surface area (Å²) in [5, 5.41) is 31.1. The van der Waals surface area contributed by atoms with Gasteiger partial charge in [0.25, 0.3) is 0 Å². The second-order valence-electron chi connectivity index (χ2n) is 7.10. The molecule has 0 bridgehead atoms. The fraction of sp³-hybridized carbons (Fsp3) is 0.667. The second kappa shape index (κ2) is 3.72. The highest BCUT2D eigenvalue weighted by Gasteiger charge is 2.65. The minimum atomic E-state index is -1.56. The maximum Gasteiger partial charge on any atom is 0.198 e. The number of furan rings is 1. The van der Waals surface area contributed by atoms with Crippen molar-refractivity contribution >= 4 is 5.78 Å². The fourth-order valence-corrected chi connectivity index (χ4v) is 4.19. The van der Waals surface area contributed by atoms with Gasteiger partial charge in [-0.2, -0.15) is 0 Å². The Kier molecular flexibility index (Phi) is 2.57. The predicted molar refractivity (Wildman–Crippen MR) is 70.0 cm³/mol. The van der Waals surface area contributed by atoms with E-state index in [-0.39, 0.29) is 23.3 Å². The van der Waals surface area contributed by atoms with Crippen LogP contribution in [0, 0.1) is 11.3 Å². The summed E-state index contributed by atoms with van der Waals surface area (Å²) in [6.07, 6.45) is 2.09. The van der Waals surface area contributed by atoms with Crippen molar-refractivity contribution in [1.29, 1.82) is 0 Å². The first-order chi connectivity index (χ1) is 9.13. The van der Waals surface area contributed by atoms with E-state index in [2.05, 4.69) is 0 Å². The van der Waals surface area contributed by atoms with Crippen LogP contribution in [0.4, 0.5) is 0 Å². The van der Waals surface area contributed by atoms with Crippen LogP contribution in [0.15, 0.2) is 10.7 Å². The topological polar surface area (TPSA) is 90.9 Å². The molecule has 3 N–H and O–H groups in total. The van der Waals surface area contributed by atoms with Crippen LogP contribution in [0.5, 0.6) is 0 Å². The molecule has 0 amide bonds. The van der Waals surface area contributed by atoms with Gasteiger partial charge < -0.3 is 19.7 Å². The van der Waals surface area contributed by atoms with Gasteiger partial charge in [-0.15, -0.1) is 0 Å². The first-order valence-electron chi connectivity index (χ1n) is 6.85. The van der Waals surface area contributed by atoms with Crippen molar-refractivity contribution in [2.24, 2.45) is 11.3 Å². The molecule has 0 saturated heterocycles. The molecule has 0 radical (unpaired) electrons. The van der Waals surface area contributed by atoms with Gasteiger partial charge in [-0.25, -0.2) is 0 Å². The van der Waals surface area contributed by atoms with E-state index in [4.69, 9.17) is 4.42 Å². The normalized spacial score (nSPS) is 38.7. The SMILES string of the molecule is CC1(C)C[C@@H]2[C@@](C)(O)c3c(coc3CO)C(=O)[C@@]2(O)C1. The molecule has 1 aromatic rings. The molecule has 110 valence electrons. The zero-order valence-electron chi connectivity index (χ0n) is 11.9. The van der Waals surface area contributed by atoms with Crippen LogP contribution in [0.25, 0.3) is 0 Å². The average molecular weight is 280 g/mol. The highest BCUT2D eigenvalue weighted by Crippen LogP contribution is 2.59. The summed E-state index contributed by atoms with van der Waals surface area (Å²) < 4.78 is 5.19. The van der Waals surface area contributed by atoms with Crippen LogP contribution >= 0.6 is 0 Å². The third-order valence-corrected chi connectivity index (χ3v) is 4.91. The van der Waals surface area contributed by atoms with Crippen LogP contribution in [-0.4, -0.2) is 26.7 Å². The number of hydrogen-bond acceptors (Lipinski definition) is 5. The zero-order valence-corrected chi connectivity index (χ0v) is 11.9. The van der Waals surface area contributed by atoms with E-state index in [1.54, 1.807) is 6.92 Å². The summed E-state index contributed by atoms with van der Waals surface area (Å²) in [5.74, 6) is -0.795. The maximum atomic E-state index is 12.6. The molecule has 5 heteroatoms. The van der Waals surface area contributed by atoms with Crippen LogP contribution in [-0.2, 0) is 12.2 Å². The maximum absolute atomic E-state index is 12.6. The summed E-state index contributed by atoms with van der Waals surface area (Å²) >= 11 is 0. The van der Waals surface area contributed by atoms with Crippen LogP contribution in [0.3, 0.4) is 0 Å². The standard InChI is InChI=1S/C15H20O5/c1-13(2)4-10-14(3,18)11-8(6-20-9(11)5-16)12(17)15(10,19)7-13/h6,10,16,18-19H,4-5,7H2,1-3H3/t10-,14-,15-/m1/s1. The number of Topliss-reactive ketones (excluding diaryl/α,β-unsaturated/α-hetero) is 1. The summed E-state index contributed by atoms with van der Waals surface area (Å²) in [6, 6.07) is 0. The number of rotatable bonds is 1. The van der Waals surface area contributed by atoms with E-state index in [0.717, 1.165) is 0 Å². The molecular formula is C15H20O5. The Hall–Kier alpha value is -1.17. The van der Waals surface area contributed by atoms with Crippen molar-refractivity contribution in [2.45, 2.75) is 51.4 Å². The summed E-state index contributed by atoms with van der Waals surface area (Å²) in [4.78, 5) is 12.6. The predicted octanol–water partition coefficient (Wildman–Crippen LogP) is 1.34. The van der Waals surface area contributed by atoms with E-state index in [1.165, 1.54) is 6.26 Å². The first kappa shape index (κ1) is 13.8. The van der Waals surface area contributed by atoms with Crippen molar-refractivity contribution in [3.05, 3.63) is 23.2 Å². The van der Waals surface area contributed by atoms with Gasteiger partial charge in [0.1, 0.15) is 24.2 Å². The minimum absolute atomic E-state index is 0.190. The Morgan fingerprint density at radius 2 is 2.00 bits per heavy atom. The van der Waals surface area contributed by atoms with Crippen molar-refractivity contribution in [3.8, 4) is 0 Å². The first-order valence-corrected chi connectivity index (χ1v) is 6.85. The molecule has 1 aromatic heterocycles. The van der Waals surface area contributed by atoms with E-state index in [9.17, 15) is 20.1 Å². The lowest BCUT2D eigenvalue weighted by molar-refractivity contribution is -0.0948. The number of ketones is 1. The van der Waals surface area contributed by atoms with Gasteiger partial charge in [-0.3, -0.25) is 4.79 Å². The average Bonchev–Trinajstić information content (AvgIpc) is 2.87. The fourth-order valence-electron chi connectivity index (χ4n) is 4.19. The van der Waals surface area contributed by atoms with Crippen molar-refractivity contribution in [3.63, 3.8) is 0 Å². The summed E-state index contributed by atoms with van der Waals surface area (Å²) in [5.41, 5.74) is -2.65. The summed E-state index contributed by atoms with van der Waals surface area (Å²) in [6.45, 7) is 5.17. The smallest absolute Gasteiger partial charge is 0.198 e. The molecule has 1 saturated carbocycles. The number of carbonyl (C=O) groups is 1. The van der Waals surface area contributed by atoms with Crippen LogP contribution in [0.2, 0.25) is 0 Å². The van der Waals surface area contributed by atoms with Gasteiger partial charge in [0.15, 0.2) is 5.78 Å². The molecule has 0 aromatic carbocycles. The van der Waals surface area contributed by atoms with Gasteiger partial charge in [0.05, 0.1) is 11.2 Å². The molecule has 1 heterocycles. The summed E-state index contributed by atoms with van der Waals surface area (Å²) in [7, 11) is 0. The Morgan fingerprint density at radius 3 is 2.60 bits per heavy atom. The molecule has 0 aliphatic heterocycles. The monoisotopic (exact) mass is 280 g/mol. The van der Waals surface area contributed by atoms with Gasteiger partial charge in [0.2, 0.25) is 0 Å². The Bertz CT molecular complexity index is 583. The van der Waals surface area contributed by atoms with E-state index >= 15 is 0 Å². The molecule has 0 spiro atoms. The van der Waals surface area contributed by atoms with Gasteiger partial charge in [-0.05, 0) is 25.2 Å². The second-order valence-corrected chi connectivity index (χ2v) is 7.10. The molecule has 2 aliphatic rings. The third kappa shape index (κ3) is 1.51. The number of aliphatic hydroxyl groups excluding tert-OH is 1. The Labute approximate surface area is 117 Å². The van der Waals surface area contributed by atoms with Crippen LogP contribution in [0.1, 0.15) is 55.3 Å². The van der Waals surface area contributed by atoms with Gasteiger partial charge >= 0.3 is 0 Å². The molecule has 3 atom stereocenters. The van der Waals surface area contributed by atoms with E-state index < -0.39 is 22.9 Å². The number of fused-ring (bicyclic) bond motifs is 2. The van der Waals surface area contributed by atoms with Gasteiger partial charge in [-0.1, -0.05) is 13.8 Å². The molecule has 5 nitrogen and oxygen atoms in total. The minimum Gasteiger partial charge on any atom is -0.466 e. The molecule has 2 aliphatic carbocycles. The lowest BCUT2D eigenvalue weighted by Crippen LogP contribution is -2.55. The van der Waals surface area contributed by atoms with Crippen molar-refractivity contribution in [1.82, 2.24) is 0 Å². The Morgan fingerprint density at radius 1 is 1.35 bits per heavy atom.